The van der Waals surface area contributed by atoms with Crippen LogP contribution in [0, 0.1) is 0 Å². The van der Waals surface area contributed by atoms with Gasteiger partial charge in [0.05, 0.1) is 5.69 Å². The molecule has 1 aromatic rings. The Morgan fingerprint density at radius 3 is 2.76 bits per heavy atom. The van der Waals surface area contributed by atoms with Crippen molar-refractivity contribution in [3.05, 3.63) is 18.3 Å². The maximum absolute atomic E-state index is 11.7. The largest absolute Gasteiger partial charge is 0.396 e. The highest BCUT2D eigenvalue weighted by atomic mass is 16.1. The molecule has 21 heavy (non-hydrogen) atoms. The first-order chi connectivity index (χ1) is 10.2. The summed E-state index contributed by atoms with van der Waals surface area (Å²) in [6, 6.07) is 4.20. The van der Waals surface area contributed by atoms with Crippen LogP contribution in [0.5, 0.6) is 0 Å². The van der Waals surface area contributed by atoms with Crippen LogP contribution in [-0.4, -0.2) is 54.6 Å². The van der Waals surface area contributed by atoms with E-state index in [4.69, 9.17) is 5.73 Å². The number of hydrogen-bond acceptors (Lipinski definition) is 5. The molecule has 1 saturated heterocycles. The number of piperazine rings is 1. The van der Waals surface area contributed by atoms with E-state index in [0.29, 0.717) is 12.5 Å². The molecule has 3 N–H and O–H groups in total. The summed E-state index contributed by atoms with van der Waals surface area (Å²) in [6.07, 6.45) is 4.67. The number of carbonyl (C=O) groups excluding carboxylic acids is 1. The van der Waals surface area contributed by atoms with Crippen LogP contribution in [0.3, 0.4) is 0 Å². The second-order valence-corrected chi connectivity index (χ2v) is 5.84. The van der Waals surface area contributed by atoms with Crippen molar-refractivity contribution >= 4 is 17.4 Å². The molecule has 2 fully saturated rings. The average molecular weight is 289 g/mol. The van der Waals surface area contributed by atoms with Crippen molar-refractivity contribution in [1.29, 1.82) is 0 Å². The van der Waals surface area contributed by atoms with E-state index in [1.165, 1.54) is 0 Å². The van der Waals surface area contributed by atoms with E-state index in [2.05, 4.69) is 20.1 Å². The molecule has 1 aliphatic heterocycles. The van der Waals surface area contributed by atoms with Gasteiger partial charge < -0.3 is 16.0 Å². The van der Waals surface area contributed by atoms with Gasteiger partial charge in [0.15, 0.2) is 5.82 Å². The maximum Gasteiger partial charge on any atom is 0.221 e. The normalized spacial score (nSPS) is 19.5. The monoisotopic (exact) mass is 289 g/mol. The number of nitrogens with zero attached hydrogens (tertiary/aromatic N) is 3. The third-order valence-corrected chi connectivity index (χ3v) is 4.09. The summed E-state index contributed by atoms with van der Waals surface area (Å²) < 4.78 is 0. The van der Waals surface area contributed by atoms with E-state index in [9.17, 15) is 4.79 Å². The summed E-state index contributed by atoms with van der Waals surface area (Å²) in [5.41, 5.74) is 6.70. The fourth-order valence-electron chi connectivity index (χ4n) is 2.64. The first-order valence-corrected chi connectivity index (χ1v) is 7.69. The zero-order valence-electron chi connectivity index (χ0n) is 12.3. The molecular formula is C15H23N5O. The molecule has 0 atom stereocenters. The molecule has 114 valence electrons. The summed E-state index contributed by atoms with van der Waals surface area (Å²) in [7, 11) is 0. The van der Waals surface area contributed by atoms with Gasteiger partial charge in [-0.2, -0.15) is 0 Å². The Bertz CT molecular complexity index is 495. The van der Waals surface area contributed by atoms with Crippen molar-refractivity contribution in [2.75, 3.05) is 43.4 Å². The highest BCUT2D eigenvalue weighted by molar-refractivity contribution is 5.76. The summed E-state index contributed by atoms with van der Waals surface area (Å²) >= 11 is 0. The number of aromatic nitrogens is 1. The Balaban J connectivity index is 1.42. The molecule has 0 bridgehead atoms. The number of carbonyl (C=O) groups is 1. The summed E-state index contributed by atoms with van der Waals surface area (Å²) in [5.74, 6) is 1.07. The number of hydrogen-bond donors (Lipinski definition) is 2. The molecule has 6 nitrogen and oxygen atoms in total. The molecule has 1 saturated carbocycles. The lowest BCUT2D eigenvalue weighted by Gasteiger charge is -2.35. The molecule has 2 heterocycles. The van der Waals surface area contributed by atoms with Crippen LogP contribution in [0.15, 0.2) is 18.3 Å². The van der Waals surface area contributed by atoms with Crippen molar-refractivity contribution in [3.63, 3.8) is 0 Å². The SMILES string of the molecule is Nc1cccnc1N1CCN(CCC(=O)NC2CC2)CC1. The Hall–Kier alpha value is -1.82. The number of nitrogen functional groups attached to an aromatic ring is 1. The number of nitrogens with two attached hydrogens (primary N) is 1. The van der Waals surface area contributed by atoms with Crippen molar-refractivity contribution < 1.29 is 4.79 Å². The fraction of sp³-hybridized carbons (Fsp3) is 0.600. The van der Waals surface area contributed by atoms with E-state index >= 15 is 0 Å². The lowest BCUT2D eigenvalue weighted by molar-refractivity contribution is -0.121. The van der Waals surface area contributed by atoms with Crippen molar-refractivity contribution in [2.45, 2.75) is 25.3 Å². The number of nitrogens with one attached hydrogen (secondary N) is 1. The van der Waals surface area contributed by atoms with Gasteiger partial charge >= 0.3 is 0 Å². The molecule has 1 amide bonds. The van der Waals surface area contributed by atoms with E-state index in [1.807, 2.05) is 12.1 Å². The molecule has 1 aliphatic carbocycles. The lowest BCUT2D eigenvalue weighted by Crippen LogP contribution is -2.47. The second kappa shape index (κ2) is 6.30. The minimum atomic E-state index is 0.189. The Kier molecular flexibility index (Phi) is 4.24. The van der Waals surface area contributed by atoms with Gasteiger partial charge in [-0.3, -0.25) is 9.69 Å². The summed E-state index contributed by atoms with van der Waals surface area (Å²) in [4.78, 5) is 20.6. The molecule has 0 radical (unpaired) electrons. The smallest absolute Gasteiger partial charge is 0.221 e. The van der Waals surface area contributed by atoms with Crippen LogP contribution in [0.1, 0.15) is 19.3 Å². The highest BCUT2D eigenvalue weighted by Crippen LogP contribution is 2.21. The quantitative estimate of drug-likeness (QED) is 0.823. The van der Waals surface area contributed by atoms with Gasteiger partial charge in [-0.1, -0.05) is 0 Å². The molecule has 1 aromatic heterocycles. The number of amides is 1. The Labute approximate surface area is 125 Å². The van der Waals surface area contributed by atoms with Gasteiger partial charge in [0.2, 0.25) is 5.91 Å². The van der Waals surface area contributed by atoms with Crippen molar-refractivity contribution in [3.8, 4) is 0 Å². The third-order valence-electron chi connectivity index (χ3n) is 4.09. The second-order valence-electron chi connectivity index (χ2n) is 5.84. The first kappa shape index (κ1) is 14.1. The highest BCUT2D eigenvalue weighted by Gasteiger charge is 2.24. The predicted molar refractivity (Wildman–Crippen MR) is 83.1 cm³/mol. The van der Waals surface area contributed by atoms with E-state index < -0.39 is 0 Å². The van der Waals surface area contributed by atoms with Gasteiger partial charge in [0, 0.05) is 51.4 Å². The standard InChI is InChI=1S/C15H23N5O/c16-13-2-1-6-17-15(13)20-10-8-19(9-11-20)7-5-14(21)18-12-3-4-12/h1-2,6,12H,3-5,7-11,16H2,(H,18,21). The Morgan fingerprint density at radius 2 is 2.10 bits per heavy atom. The van der Waals surface area contributed by atoms with Crippen molar-refractivity contribution in [1.82, 2.24) is 15.2 Å². The van der Waals surface area contributed by atoms with E-state index in [-0.39, 0.29) is 5.91 Å². The minimum Gasteiger partial charge on any atom is -0.396 e. The Morgan fingerprint density at radius 1 is 1.33 bits per heavy atom. The average Bonchev–Trinajstić information content (AvgIpc) is 3.30. The molecule has 2 aliphatic rings. The van der Waals surface area contributed by atoms with Crippen molar-refractivity contribution in [2.24, 2.45) is 0 Å². The van der Waals surface area contributed by atoms with E-state index in [1.54, 1.807) is 6.20 Å². The zero-order chi connectivity index (χ0) is 14.7. The molecule has 0 spiro atoms. The topological polar surface area (TPSA) is 74.5 Å². The van der Waals surface area contributed by atoms with Crippen LogP contribution < -0.4 is 16.0 Å². The number of pyridine rings is 1. The first-order valence-electron chi connectivity index (χ1n) is 7.69. The summed E-state index contributed by atoms with van der Waals surface area (Å²) in [6.45, 7) is 4.56. The molecule has 0 aromatic carbocycles. The molecular weight excluding hydrogens is 266 g/mol. The van der Waals surface area contributed by atoms with Crippen LogP contribution in [0.25, 0.3) is 0 Å². The maximum atomic E-state index is 11.7. The minimum absolute atomic E-state index is 0.189. The fourth-order valence-corrected chi connectivity index (χ4v) is 2.64. The van der Waals surface area contributed by atoms with Gasteiger partial charge in [-0.25, -0.2) is 4.98 Å². The van der Waals surface area contributed by atoms with Crippen LogP contribution in [-0.2, 0) is 4.79 Å². The van der Waals surface area contributed by atoms with Crippen LogP contribution in [0.2, 0.25) is 0 Å². The molecule has 6 heteroatoms. The van der Waals surface area contributed by atoms with E-state index in [0.717, 1.165) is 57.1 Å². The van der Waals surface area contributed by atoms with Gasteiger partial charge in [-0.05, 0) is 25.0 Å². The third kappa shape index (κ3) is 3.85. The van der Waals surface area contributed by atoms with Crippen LogP contribution in [0.4, 0.5) is 11.5 Å². The zero-order valence-corrected chi connectivity index (χ0v) is 12.3. The molecule has 0 unspecified atom stereocenters. The van der Waals surface area contributed by atoms with Gasteiger partial charge in [0.25, 0.3) is 0 Å². The summed E-state index contributed by atoms with van der Waals surface area (Å²) in [5, 5.41) is 3.03. The lowest BCUT2D eigenvalue weighted by atomic mass is 10.2. The number of rotatable bonds is 5. The number of anilines is 2. The van der Waals surface area contributed by atoms with Gasteiger partial charge in [-0.15, -0.1) is 0 Å². The van der Waals surface area contributed by atoms with Crippen LogP contribution >= 0.6 is 0 Å². The van der Waals surface area contributed by atoms with Gasteiger partial charge in [0.1, 0.15) is 0 Å². The predicted octanol–water partition coefficient (Wildman–Crippen LogP) is 0.454. The molecule has 3 rings (SSSR count).